The molecule has 0 saturated heterocycles. The molecule has 0 bridgehead atoms. The minimum absolute atomic E-state index is 0.0959. The Hall–Kier alpha value is -2.14. The summed E-state index contributed by atoms with van der Waals surface area (Å²) >= 11 is 5.24. The number of hydrogen-bond acceptors (Lipinski definition) is 3. The van der Waals surface area contributed by atoms with Gasteiger partial charge < -0.3 is 9.64 Å². The molecule has 0 aromatic heterocycles. The molecule has 0 unspecified atom stereocenters. The molecule has 1 amide bonds. The van der Waals surface area contributed by atoms with E-state index in [0.29, 0.717) is 23.8 Å². The van der Waals surface area contributed by atoms with E-state index in [1.165, 1.54) is 0 Å². The monoisotopic (exact) mass is 318 g/mol. The average molecular weight is 318 g/mol. The highest BCUT2D eigenvalue weighted by atomic mass is 32.1. The van der Waals surface area contributed by atoms with Gasteiger partial charge in [0.05, 0.1) is 6.10 Å². The maximum absolute atomic E-state index is 12.2. The zero-order chi connectivity index (χ0) is 16.5. The quantitative estimate of drug-likeness (QED) is 0.619. The van der Waals surface area contributed by atoms with Crippen molar-refractivity contribution in [3.05, 3.63) is 55.1 Å². The number of amides is 1. The molecule has 118 valence electrons. The van der Waals surface area contributed by atoms with Crippen molar-refractivity contribution in [3.8, 4) is 5.75 Å². The zero-order valence-electron chi connectivity index (χ0n) is 13.0. The van der Waals surface area contributed by atoms with E-state index in [-0.39, 0.29) is 12.0 Å². The Kier molecular flexibility index (Phi) is 7.32. The fourth-order valence-electron chi connectivity index (χ4n) is 1.76. The normalized spacial score (nSPS) is 9.95. The number of rotatable bonds is 7. The lowest BCUT2D eigenvalue weighted by atomic mass is 10.2. The average Bonchev–Trinajstić information content (AvgIpc) is 2.47. The highest BCUT2D eigenvalue weighted by Crippen LogP contribution is 2.13. The van der Waals surface area contributed by atoms with Gasteiger partial charge in [-0.2, -0.15) is 0 Å². The Balaban J connectivity index is 2.69. The van der Waals surface area contributed by atoms with Gasteiger partial charge in [0.25, 0.3) is 5.91 Å². The van der Waals surface area contributed by atoms with Gasteiger partial charge in [-0.05, 0) is 50.3 Å². The fourth-order valence-corrected chi connectivity index (χ4v) is 2.00. The van der Waals surface area contributed by atoms with Crippen LogP contribution in [-0.2, 0) is 0 Å². The number of thiocarbonyl (C=S) groups is 1. The number of carbonyl (C=O) groups is 1. The molecule has 1 N–H and O–H groups in total. The maximum atomic E-state index is 12.2. The van der Waals surface area contributed by atoms with Crippen LogP contribution in [0.5, 0.6) is 5.75 Å². The molecule has 0 aliphatic carbocycles. The molecule has 0 fully saturated rings. The van der Waals surface area contributed by atoms with Gasteiger partial charge >= 0.3 is 0 Å². The first-order valence-corrected chi connectivity index (χ1v) is 7.47. The molecule has 1 aromatic rings. The van der Waals surface area contributed by atoms with Gasteiger partial charge in [-0.25, -0.2) is 0 Å². The molecular formula is C17H22N2O2S. The minimum Gasteiger partial charge on any atom is -0.491 e. The van der Waals surface area contributed by atoms with Crippen molar-refractivity contribution in [2.24, 2.45) is 0 Å². The summed E-state index contributed by atoms with van der Waals surface area (Å²) in [5, 5.41) is 3.06. The second-order valence-corrected chi connectivity index (χ2v) is 5.32. The van der Waals surface area contributed by atoms with Crippen molar-refractivity contribution in [1.82, 2.24) is 10.2 Å². The van der Waals surface area contributed by atoms with Crippen LogP contribution in [0.3, 0.4) is 0 Å². The first-order valence-electron chi connectivity index (χ1n) is 7.06. The van der Waals surface area contributed by atoms with Gasteiger partial charge in [0.15, 0.2) is 5.11 Å². The lowest BCUT2D eigenvalue weighted by Crippen LogP contribution is -2.42. The van der Waals surface area contributed by atoms with Gasteiger partial charge in [-0.15, -0.1) is 13.2 Å². The predicted molar refractivity (Wildman–Crippen MR) is 94.2 cm³/mol. The first-order chi connectivity index (χ1) is 10.5. The summed E-state index contributed by atoms with van der Waals surface area (Å²) in [7, 11) is 0. The second-order valence-electron chi connectivity index (χ2n) is 4.93. The van der Waals surface area contributed by atoms with Crippen molar-refractivity contribution in [2.75, 3.05) is 13.1 Å². The molecule has 5 heteroatoms. The SMILES string of the molecule is C=CCN(CC=C)C(=S)NC(=O)c1ccc(OC(C)C)cc1. The smallest absolute Gasteiger partial charge is 0.257 e. The van der Waals surface area contributed by atoms with Crippen molar-refractivity contribution < 1.29 is 9.53 Å². The molecule has 0 aliphatic heterocycles. The topological polar surface area (TPSA) is 41.6 Å². The van der Waals surface area contributed by atoms with Crippen LogP contribution in [0.25, 0.3) is 0 Å². The van der Waals surface area contributed by atoms with Crippen LogP contribution in [0.2, 0.25) is 0 Å². The summed E-state index contributed by atoms with van der Waals surface area (Å²) in [6.45, 7) is 12.3. The van der Waals surface area contributed by atoms with Crippen LogP contribution in [0.4, 0.5) is 0 Å². The molecule has 0 radical (unpaired) electrons. The van der Waals surface area contributed by atoms with E-state index in [1.807, 2.05) is 13.8 Å². The van der Waals surface area contributed by atoms with Crippen LogP contribution in [0.1, 0.15) is 24.2 Å². The Morgan fingerprint density at radius 1 is 1.27 bits per heavy atom. The molecule has 0 spiro atoms. The van der Waals surface area contributed by atoms with Crippen molar-refractivity contribution in [1.29, 1.82) is 0 Å². The van der Waals surface area contributed by atoms with E-state index in [2.05, 4.69) is 18.5 Å². The van der Waals surface area contributed by atoms with Gasteiger partial charge in [0.1, 0.15) is 5.75 Å². The lowest BCUT2D eigenvalue weighted by Gasteiger charge is -2.22. The first kappa shape index (κ1) is 17.9. The molecule has 1 rings (SSSR count). The number of carbonyl (C=O) groups excluding carboxylic acids is 1. The Morgan fingerprint density at radius 3 is 2.27 bits per heavy atom. The molecular weight excluding hydrogens is 296 g/mol. The minimum atomic E-state index is -0.251. The molecule has 22 heavy (non-hydrogen) atoms. The number of hydrogen-bond donors (Lipinski definition) is 1. The Bertz CT molecular complexity index is 528. The third-order valence-electron chi connectivity index (χ3n) is 2.69. The maximum Gasteiger partial charge on any atom is 0.257 e. The van der Waals surface area contributed by atoms with Crippen LogP contribution in [-0.4, -0.2) is 35.1 Å². The molecule has 0 aliphatic rings. The predicted octanol–water partition coefficient (Wildman–Crippen LogP) is 3.16. The molecule has 0 heterocycles. The summed E-state index contributed by atoms with van der Waals surface area (Å²) in [5.41, 5.74) is 0.524. The van der Waals surface area contributed by atoms with Crippen LogP contribution in [0, 0.1) is 0 Å². The van der Waals surface area contributed by atoms with Crippen molar-refractivity contribution in [2.45, 2.75) is 20.0 Å². The summed E-state index contributed by atoms with van der Waals surface area (Å²) in [6, 6.07) is 6.95. The van der Waals surface area contributed by atoms with Crippen molar-refractivity contribution >= 4 is 23.2 Å². The highest BCUT2D eigenvalue weighted by molar-refractivity contribution is 7.80. The highest BCUT2D eigenvalue weighted by Gasteiger charge is 2.12. The second kappa shape index (κ2) is 9.00. The van der Waals surface area contributed by atoms with E-state index in [0.717, 1.165) is 5.75 Å². The van der Waals surface area contributed by atoms with Crippen molar-refractivity contribution in [3.63, 3.8) is 0 Å². The molecule has 0 saturated carbocycles. The fraction of sp³-hybridized carbons (Fsp3) is 0.294. The van der Waals surface area contributed by atoms with E-state index in [4.69, 9.17) is 17.0 Å². The Morgan fingerprint density at radius 2 is 1.82 bits per heavy atom. The third-order valence-corrected chi connectivity index (χ3v) is 3.06. The van der Waals surface area contributed by atoms with E-state index in [9.17, 15) is 4.79 Å². The molecule has 4 nitrogen and oxygen atoms in total. The van der Waals surface area contributed by atoms with E-state index >= 15 is 0 Å². The van der Waals surface area contributed by atoms with E-state index in [1.54, 1.807) is 41.3 Å². The van der Waals surface area contributed by atoms with E-state index < -0.39 is 0 Å². The summed E-state index contributed by atoms with van der Waals surface area (Å²) in [6.07, 6.45) is 3.54. The van der Waals surface area contributed by atoms with Crippen LogP contribution < -0.4 is 10.1 Å². The van der Waals surface area contributed by atoms with Crippen LogP contribution >= 0.6 is 12.2 Å². The molecule has 1 aromatic carbocycles. The number of nitrogens with zero attached hydrogens (tertiary/aromatic N) is 1. The number of benzene rings is 1. The summed E-state index contributed by atoms with van der Waals surface area (Å²) < 4.78 is 5.54. The lowest BCUT2D eigenvalue weighted by molar-refractivity contribution is 0.0974. The molecule has 0 atom stereocenters. The zero-order valence-corrected chi connectivity index (χ0v) is 13.9. The number of ether oxygens (including phenoxy) is 1. The largest absolute Gasteiger partial charge is 0.491 e. The van der Waals surface area contributed by atoms with Gasteiger partial charge in [-0.3, -0.25) is 10.1 Å². The Labute approximate surface area is 137 Å². The summed E-state index contributed by atoms with van der Waals surface area (Å²) in [5.74, 6) is 0.480. The van der Waals surface area contributed by atoms with Gasteiger partial charge in [0.2, 0.25) is 0 Å². The standard InChI is InChI=1S/C17H22N2O2S/c1-5-11-19(12-6-2)17(22)18-16(20)14-7-9-15(10-8-14)21-13(3)4/h5-10,13H,1-2,11-12H2,3-4H3,(H,18,20,22). The van der Waals surface area contributed by atoms with Gasteiger partial charge in [0, 0.05) is 18.7 Å². The number of nitrogens with one attached hydrogen (secondary N) is 1. The third kappa shape index (κ3) is 5.69. The van der Waals surface area contributed by atoms with Gasteiger partial charge in [-0.1, -0.05) is 12.2 Å². The van der Waals surface area contributed by atoms with Crippen LogP contribution in [0.15, 0.2) is 49.6 Å². The summed E-state index contributed by atoms with van der Waals surface area (Å²) in [4.78, 5) is 14.0.